The van der Waals surface area contributed by atoms with Gasteiger partial charge in [0.05, 0.1) is 24.5 Å². The van der Waals surface area contributed by atoms with Crippen LogP contribution in [0.4, 0.5) is 5.82 Å². The van der Waals surface area contributed by atoms with E-state index in [2.05, 4.69) is 40.7 Å². The van der Waals surface area contributed by atoms with Crippen molar-refractivity contribution in [2.75, 3.05) is 12.3 Å². The lowest BCUT2D eigenvalue weighted by Crippen LogP contribution is -2.07. The van der Waals surface area contributed by atoms with E-state index >= 15 is 0 Å². The normalized spacial score (nSPS) is 10.6. The number of rotatable bonds is 9. The van der Waals surface area contributed by atoms with Crippen LogP contribution in [0, 0.1) is 0 Å². The van der Waals surface area contributed by atoms with Crippen molar-refractivity contribution >= 4 is 29.8 Å². The summed E-state index contributed by atoms with van der Waals surface area (Å²) in [6, 6.07) is 23.4. The highest BCUT2D eigenvalue weighted by Gasteiger charge is 2.15. The third-order valence-electron chi connectivity index (χ3n) is 5.58. The Labute approximate surface area is 211 Å². The lowest BCUT2D eigenvalue weighted by molar-refractivity contribution is 0.306. The Hall–Kier alpha value is -3.15. The second kappa shape index (κ2) is 11.8. The molecule has 2 heterocycles. The fourth-order valence-electron chi connectivity index (χ4n) is 3.82. The van der Waals surface area contributed by atoms with Gasteiger partial charge in [0.25, 0.3) is 0 Å². The molecule has 5 nitrogen and oxygen atoms in total. The van der Waals surface area contributed by atoms with Gasteiger partial charge in [-0.25, -0.2) is 4.98 Å². The summed E-state index contributed by atoms with van der Waals surface area (Å²) in [6.07, 6.45) is 3.41. The van der Waals surface area contributed by atoms with E-state index in [0.717, 1.165) is 47.0 Å². The Kier molecular flexibility index (Phi) is 8.85. The van der Waals surface area contributed by atoms with Crippen LogP contribution >= 0.6 is 24.0 Å². The molecule has 4 rings (SSSR count). The van der Waals surface area contributed by atoms with Gasteiger partial charge < -0.3 is 20.1 Å². The number of anilines is 1. The van der Waals surface area contributed by atoms with Gasteiger partial charge in [0.1, 0.15) is 5.75 Å². The van der Waals surface area contributed by atoms with Gasteiger partial charge in [-0.15, -0.1) is 12.4 Å². The lowest BCUT2D eigenvalue weighted by Gasteiger charge is -2.15. The van der Waals surface area contributed by atoms with Crippen LogP contribution < -0.4 is 10.5 Å². The third-order valence-corrected chi connectivity index (χ3v) is 5.91. The van der Waals surface area contributed by atoms with E-state index in [9.17, 15) is 5.11 Å². The lowest BCUT2D eigenvalue weighted by atomic mass is 10.1. The first-order valence-corrected chi connectivity index (χ1v) is 11.6. The first kappa shape index (κ1) is 25.5. The monoisotopic (exact) mass is 497 g/mol. The molecular weight excluding hydrogens is 469 g/mol. The SMILES string of the molecule is CCCCCOc1ccc(-c2ccc(-c3ccccc3Cl)n2Cc2ccc(O)c(N)n2)cc1.Cl. The maximum atomic E-state index is 9.77. The molecule has 0 fully saturated rings. The first-order valence-electron chi connectivity index (χ1n) is 11.2. The van der Waals surface area contributed by atoms with E-state index in [1.54, 1.807) is 12.1 Å². The van der Waals surface area contributed by atoms with Gasteiger partial charge in [0.2, 0.25) is 0 Å². The Morgan fingerprint density at radius 1 is 0.941 bits per heavy atom. The molecule has 34 heavy (non-hydrogen) atoms. The number of aromatic nitrogens is 2. The highest BCUT2D eigenvalue weighted by Crippen LogP contribution is 2.34. The van der Waals surface area contributed by atoms with Gasteiger partial charge >= 0.3 is 0 Å². The highest BCUT2D eigenvalue weighted by molar-refractivity contribution is 6.33. The third kappa shape index (κ3) is 5.85. The van der Waals surface area contributed by atoms with Gasteiger partial charge in [-0.3, -0.25) is 0 Å². The summed E-state index contributed by atoms with van der Waals surface area (Å²) in [6.45, 7) is 3.39. The van der Waals surface area contributed by atoms with Gasteiger partial charge in [-0.1, -0.05) is 49.6 Å². The minimum Gasteiger partial charge on any atom is -0.504 e. The molecule has 0 saturated carbocycles. The molecule has 0 aliphatic carbocycles. The first-order chi connectivity index (χ1) is 16.1. The molecule has 4 aromatic rings. The Balaban J connectivity index is 0.00000324. The molecular formula is C27H29Cl2N3O2. The van der Waals surface area contributed by atoms with E-state index in [1.165, 1.54) is 12.8 Å². The summed E-state index contributed by atoms with van der Waals surface area (Å²) < 4.78 is 8.03. The predicted octanol–water partition coefficient (Wildman–Crippen LogP) is 7.20. The van der Waals surface area contributed by atoms with Crippen LogP contribution in [0.15, 0.2) is 72.8 Å². The molecule has 2 aromatic heterocycles. The number of nitrogens with zero attached hydrogens (tertiary/aromatic N) is 2. The van der Waals surface area contributed by atoms with Gasteiger partial charge in [0.15, 0.2) is 11.6 Å². The van der Waals surface area contributed by atoms with Crippen LogP contribution in [-0.4, -0.2) is 21.3 Å². The fraction of sp³-hybridized carbons (Fsp3) is 0.222. The molecule has 0 spiro atoms. The summed E-state index contributed by atoms with van der Waals surface area (Å²) >= 11 is 6.53. The van der Waals surface area contributed by atoms with Crippen molar-refractivity contribution in [1.82, 2.24) is 9.55 Å². The predicted molar refractivity (Wildman–Crippen MR) is 142 cm³/mol. The maximum Gasteiger partial charge on any atom is 0.166 e. The maximum absolute atomic E-state index is 9.77. The Bertz CT molecular complexity index is 1220. The molecule has 0 atom stereocenters. The average molecular weight is 498 g/mol. The van der Waals surface area contributed by atoms with Crippen molar-refractivity contribution in [2.45, 2.75) is 32.7 Å². The smallest absolute Gasteiger partial charge is 0.166 e. The van der Waals surface area contributed by atoms with E-state index in [4.69, 9.17) is 22.1 Å². The van der Waals surface area contributed by atoms with Gasteiger partial charge in [-0.05, 0) is 66.6 Å². The minimum absolute atomic E-state index is 0. The number of hydrogen-bond acceptors (Lipinski definition) is 4. The molecule has 0 aliphatic rings. The summed E-state index contributed by atoms with van der Waals surface area (Å²) in [4.78, 5) is 4.36. The van der Waals surface area contributed by atoms with E-state index in [0.29, 0.717) is 11.6 Å². The van der Waals surface area contributed by atoms with Crippen molar-refractivity contribution in [3.05, 3.63) is 83.5 Å². The van der Waals surface area contributed by atoms with Crippen LogP contribution in [0.1, 0.15) is 31.9 Å². The zero-order valence-electron chi connectivity index (χ0n) is 19.1. The second-order valence-electron chi connectivity index (χ2n) is 7.96. The van der Waals surface area contributed by atoms with E-state index in [-0.39, 0.29) is 24.0 Å². The quantitative estimate of drug-likeness (QED) is 0.240. The molecule has 178 valence electrons. The number of benzene rings is 2. The number of ether oxygens (including phenoxy) is 1. The number of pyridine rings is 1. The molecule has 0 radical (unpaired) electrons. The number of nitrogen functional groups attached to an aromatic ring is 1. The molecule has 2 aromatic carbocycles. The highest BCUT2D eigenvalue weighted by atomic mass is 35.5. The zero-order chi connectivity index (χ0) is 23.2. The number of nitrogens with two attached hydrogens (primary N) is 1. The van der Waals surface area contributed by atoms with Gasteiger partial charge in [0, 0.05) is 16.3 Å². The van der Waals surface area contributed by atoms with Crippen molar-refractivity contribution in [1.29, 1.82) is 0 Å². The topological polar surface area (TPSA) is 73.3 Å². The van der Waals surface area contributed by atoms with Crippen LogP contribution in [0.3, 0.4) is 0 Å². The van der Waals surface area contributed by atoms with Crippen LogP contribution in [0.25, 0.3) is 22.5 Å². The molecule has 3 N–H and O–H groups in total. The average Bonchev–Trinajstić information content (AvgIpc) is 3.23. The zero-order valence-corrected chi connectivity index (χ0v) is 20.6. The summed E-state index contributed by atoms with van der Waals surface area (Å²) in [5.74, 6) is 0.963. The Morgan fingerprint density at radius 2 is 1.68 bits per heavy atom. The molecule has 0 unspecified atom stereocenters. The second-order valence-corrected chi connectivity index (χ2v) is 8.36. The Morgan fingerprint density at radius 3 is 2.38 bits per heavy atom. The standard InChI is InChI=1S/C27H28ClN3O2.ClH/c1-2-3-6-17-33-21-12-9-19(10-13-21)24-14-15-25(22-7-4-5-8-23(22)28)31(24)18-20-11-16-26(32)27(29)30-20;/h4-5,7-16,32H,2-3,6,17-18H2,1H3,(H2,29,30);1H. The van der Waals surface area contributed by atoms with E-state index in [1.807, 2.05) is 36.4 Å². The molecule has 0 amide bonds. The summed E-state index contributed by atoms with van der Waals surface area (Å²) in [7, 11) is 0. The van der Waals surface area contributed by atoms with Gasteiger partial charge in [-0.2, -0.15) is 0 Å². The van der Waals surface area contributed by atoms with Crippen molar-refractivity contribution in [3.63, 3.8) is 0 Å². The fourth-order valence-corrected chi connectivity index (χ4v) is 4.05. The number of aromatic hydroxyl groups is 1. The number of halogens is 2. The minimum atomic E-state index is -0.0210. The number of unbranched alkanes of at least 4 members (excludes halogenated alkanes) is 2. The van der Waals surface area contributed by atoms with Crippen LogP contribution in [0.5, 0.6) is 11.5 Å². The molecule has 7 heteroatoms. The van der Waals surface area contributed by atoms with Crippen LogP contribution in [-0.2, 0) is 6.54 Å². The van der Waals surface area contributed by atoms with E-state index < -0.39 is 0 Å². The van der Waals surface area contributed by atoms with Crippen molar-refractivity contribution < 1.29 is 9.84 Å². The van der Waals surface area contributed by atoms with Crippen molar-refractivity contribution in [2.24, 2.45) is 0 Å². The van der Waals surface area contributed by atoms with Crippen molar-refractivity contribution in [3.8, 4) is 34.0 Å². The molecule has 0 bridgehead atoms. The van der Waals surface area contributed by atoms with Crippen LogP contribution in [0.2, 0.25) is 5.02 Å². The largest absolute Gasteiger partial charge is 0.504 e. The molecule has 0 aliphatic heterocycles. The summed E-state index contributed by atoms with van der Waals surface area (Å²) in [5.41, 5.74) is 10.6. The summed E-state index contributed by atoms with van der Waals surface area (Å²) in [5, 5.41) is 10.4. The molecule has 0 saturated heterocycles. The number of hydrogen-bond donors (Lipinski definition) is 2.